The number of hydrogen-bond donors (Lipinski definition) is 0. The maximum absolute atomic E-state index is 8.39. The van der Waals surface area contributed by atoms with Gasteiger partial charge in [-0.1, -0.05) is 0 Å². The number of hydrogen-bond acceptors (Lipinski definition) is 1. The summed E-state index contributed by atoms with van der Waals surface area (Å²) >= 11 is 0.0556. The van der Waals surface area contributed by atoms with Crippen molar-refractivity contribution in [3.63, 3.8) is 0 Å². The molecule has 1 nitrogen and oxygen atoms in total. The fraction of sp³-hybridized carbons (Fsp3) is 0. The Labute approximate surface area is 75.2 Å². The predicted molar refractivity (Wildman–Crippen MR) is 19.2 cm³/mol. The van der Waals surface area contributed by atoms with E-state index in [0.717, 1.165) is 0 Å². The quantitative estimate of drug-likeness (QED) is 0.396. The molecule has 0 aliphatic rings. The van der Waals surface area contributed by atoms with Crippen LogP contribution in [0.25, 0.3) is 0 Å². The van der Waals surface area contributed by atoms with Crippen LogP contribution < -0.4 is 0 Å². The maximum atomic E-state index is 8.39. The zero-order valence-corrected chi connectivity index (χ0v) is 10.7. The summed E-state index contributed by atoms with van der Waals surface area (Å²) in [5.74, 6) is 0. The number of rotatable bonds is 0. The average Bonchev–Trinajstić information content (AvgIpc) is 1.00. The van der Waals surface area contributed by atoms with Crippen molar-refractivity contribution in [2.24, 2.45) is 0 Å². The molecular formula is H5BiHfMgO. The summed E-state index contributed by atoms with van der Waals surface area (Å²) in [6.45, 7) is 0. The van der Waals surface area contributed by atoms with Crippen molar-refractivity contribution < 1.29 is 27.2 Å². The van der Waals surface area contributed by atoms with Gasteiger partial charge in [0.05, 0.1) is 0 Å². The molecule has 0 aliphatic heterocycles. The molecule has 0 heterocycles. The zero-order chi connectivity index (χ0) is 2.00. The van der Waals surface area contributed by atoms with E-state index in [1.807, 2.05) is 0 Å². The van der Waals surface area contributed by atoms with Crippen LogP contribution in [0, 0.1) is 0 Å². The summed E-state index contributed by atoms with van der Waals surface area (Å²) in [7, 11) is 0. The van der Waals surface area contributed by atoms with Crippen LogP contribution in [-0.4, -0.2) is 49.3 Å². The Morgan fingerprint density at radius 1 is 1.25 bits per heavy atom. The van der Waals surface area contributed by atoms with Gasteiger partial charge in [0, 0.05) is 0 Å². The molecule has 0 aromatic heterocycles. The summed E-state index contributed by atoms with van der Waals surface area (Å²) in [5, 5.41) is 0. The molecule has 0 radical (unpaired) electrons. The minimum atomic E-state index is 0. The van der Waals surface area contributed by atoms with Crippen molar-refractivity contribution in [3.8, 4) is 0 Å². The molecule has 0 N–H and O–H groups in total. The first-order valence-corrected chi connectivity index (χ1v) is 1.67. The molecule has 0 unspecified atom stereocenters. The second-order valence-corrected chi connectivity index (χ2v) is 0. The molecule has 0 aliphatic carbocycles. The van der Waals surface area contributed by atoms with Crippen LogP contribution in [0.1, 0.15) is 0 Å². The molecule has 0 bridgehead atoms. The Balaban J connectivity index is -0.00000000500. The molecule has 0 rings (SSSR count). The molecule has 4 heavy (non-hydrogen) atoms. The van der Waals surface area contributed by atoms with Gasteiger partial charge in [0.25, 0.3) is 0 Å². The molecule has 0 atom stereocenters. The molecule has 0 spiro atoms. The van der Waals surface area contributed by atoms with E-state index in [0.29, 0.717) is 0 Å². The van der Waals surface area contributed by atoms with Crippen LogP contribution in [0.4, 0.5) is 0 Å². The first-order chi connectivity index (χ1) is 1.00. The van der Waals surface area contributed by atoms with Crippen LogP contribution >= 0.6 is 0 Å². The van der Waals surface area contributed by atoms with Gasteiger partial charge in [-0.2, -0.15) is 0 Å². The van der Waals surface area contributed by atoms with Gasteiger partial charge in [-0.3, -0.25) is 0 Å². The van der Waals surface area contributed by atoms with Gasteiger partial charge >= 0.3 is 76.5 Å². The topological polar surface area (TPSA) is 17.1 Å². The van der Waals surface area contributed by atoms with Crippen molar-refractivity contribution in [1.29, 1.82) is 0 Å². The van der Waals surface area contributed by atoms with Crippen molar-refractivity contribution in [2.75, 3.05) is 0 Å². The third-order valence-electron chi connectivity index (χ3n) is 0. The van der Waals surface area contributed by atoms with Crippen molar-refractivity contribution in [2.45, 2.75) is 0 Å². The third-order valence-corrected chi connectivity index (χ3v) is 0. The first kappa shape index (κ1) is 16.2. The van der Waals surface area contributed by atoms with Gasteiger partial charge < -0.3 is 0 Å². The fourth-order valence-electron chi connectivity index (χ4n) is 0. The Hall–Kier alpha value is 2.32. The summed E-state index contributed by atoms with van der Waals surface area (Å²) < 4.78 is 8.39. The van der Waals surface area contributed by atoms with Crippen LogP contribution in [0.3, 0.4) is 0 Å². The van der Waals surface area contributed by atoms with E-state index in [-0.39, 0.29) is 73.6 Å². The van der Waals surface area contributed by atoms with E-state index >= 15 is 0 Å². The minimum absolute atomic E-state index is 0. The summed E-state index contributed by atoms with van der Waals surface area (Å²) in [6, 6.07) is 0. The van der Waals surface area contributed by atoms with Crippen molar-refractivity contribution in [1.82, 2.24) is 0 Å². The monoisotopic (exact) mass is 434 g/mol. The normalized spacial score (nSPS) is 0.750. The fourth-order valence-corrected chi connectivity index (χ4v) is 0. The second-order valence-electron chi connectivity index (χ2n) is 0. The molecule has 0 saturated carbocycles. The molecule has 4 heteroatoms. The summed E-state index contributed by atoms with van der Waals surface area (Å²) in [6.07, 6.45) is 0. The first-order valence-electron chi connectivity index (χ1n) is 0.204. The van der Waals surface area contributed by atoms with E-state index in [4.69, 9.17) is 2.85 Å². The average molecular weight is 433 g/mol. The Bertz CT molecular complexity index is 8.00. The predicted octanol–water partition coefficient (Wildman–Crippen LogP) is -2.22. The van der Waals surface area contributed by atoms with Gasteiger partial charge in [0.2, 0.25) is 0 Å². The van der Waals surface area contributed by atoms with E-state index in [1.165, 1.54) is 0 Å². The second kappa shape index (κ2) is 18.4. The Kier molecular flexibility index (Phi) is 74.8. The third kappa shape index (κ3) is 8.85. The van der Waals surface area contributed by atoms with Gasteiger partial charge in [0.15, 0.2) is 0 Å². The SMILES string of the molecule is [BiH3].[MgH2].[O]=[Hf]. The van der Waals surface area contributed by atoms with E-state index in [2.05, 4.69) is 0 Å². The van der Waals surface area contributed by atoms with Crippen LogP contribution in [0.2, 0.25) is 0 Å². The van der Waals surface area contributed by atoms with Gasteiger partial charge in [-0.25, -0.2) is 0 Å². The standard InChI is InChI=1S/Bi.Hf.Mg.O.5H. The molecule has 0 aromatic carbocycles. The van der Waals surface area contributed by atoms with Crippen LogP contribution in [0.15, 0.2) is 0 Å². The molecule has 0 aromatic rings. The van der Waals surface area contributed by atoms with Gasteiger partial charge in [-0.15, -0.1) is 0 Å². The van der Waals surface area contributed by atoms with Crippen LogP contribution in [0.5, 0.6) is 0 Å². The summed E-state index contributed by atoms with van der Waals surface area (Å²) in [4.78, 5) is 0. The molecule has 22 valence electrons. The van der Waals surface area contributed by atoms with Crippen LogP contribution in [-0.2, 0) is 27.2 Å². The summed E-state index contributed by atoms with van der Waals surface area (Å²) in [5.41, 5.74) is 0. The van der Waals surface area contributed by atoms with Gasteiger partial charge in [0.1, 0.15) is 0 Å². The Morgan fingerprint density at radius 3 is 1.25 bits per heavy atom. The molecule has 0 amide bonds. The van der Waals surface area contributed by atoms with Gasteiger partial charge in [-0.05, 0) is 0 Å². The van der Waals surface area contributed by atoms with Crippen molar-refractivity contribution >= 4 is 49.3 Å². The van der Waals surface area contributed by atoms with Crippen molar-refractivity contribution in [3.05, 3.63) is 0 Å². The van der Waals surface area contributed by atoms with E-state index in [1.54, 1.807) is 0 Å². The Morgan fingerprint density at radius 2 is 1.25 bits per heavy atom. The van der Waals surface area contributed by atoms with E-state index < -0.39 is 0 Å². The molecule has 0 fully saturated rings. The zero-order valence-electron chi connectivity index (χ0n) is 1.62. The molecule has 0 saturated heterocycles. The molecular weight excluding hydrogens is 428 g/mol. The van der Waals surface area contributed by atoms with E-state index in [9.17, 15) is 0 Å².